The molecule has 0 aliphatic heterocycles. The van der Waals surface area contributed by atoms with Crippen LogP contribution in [0.4, 0.5) is 5.69 Å². The van der Waals surface area contributed by atoms with Gasteiger partial charge >= 0.3 is 5.97 Å². The van der Waals surface area contributed by atoms with Gasteiger partial charge < -0.3 is 14.8 Å². The Hall–Kier alpha value is -2.24. The van der Waals surface area contributed by atoms with E-state index in [2.05, 4.69) is 5.32 Å². The van der Waals surface area contributed by atoms with E-state index >= 15 is 0 Å². The van der Waals surface area contributed by atoms with E-state index in [1.807, 2.05) is 18.2 Å². The smallest absolute Gasteiger partial charge is 0.344 e. The molecule has 0 saturated carbocycles. The SMILES string of the molecule is C[C@H](OC(=O)COc1ccc2c(c1)CCC2)C(=O)Nc1cc(Cl)cc(Cl)c1. The zero-order valence-corrected chi connectivity index (χ0v) is 16.3. The molecule has 0 saturated heterocycles. The summed E-state index contributed by atoms with van der Waals surface area (Å²) in [6.45, 7) is 1.22. The van der Waals surface area contributed by atoms with Crippen molar-refractivity contribution in [1.82, 2.24) is 0 Å². The van der Waals surface area contributed by atoms with Crippen molar-refractivity contribution >= 4 is 40.8 Å². The first-order valence-corrected chi connectivity index (χ1v) is 9.37. The molecule has 5 nitrogen and oxygen atoms in total. The second kappa shape index (κ2) is 8.63. The van der Waals surface area contributed by atoms with E-state index in [0.29, 0.717) is 21.5 Å². The normalized spacial score (nSPS) is 13.6. The largest absolute Gasteiger partial charge is 0.482 e. The van der Waals surface area contributed by atoms with Crippen LogP contribution in [0.5, 0.6) is 5.75 Å². The number of aryl methyl sites for hydroxylation is 2. The van der Waals surface area contributed by atoms with E-state index in [0.717, 1.165) is 19.3 Å². The summed E-state index contributed by atoms with van der Waals surface area (Å²) in [5.74, 6) is -0.486. The maximum atomic E-state index is 12.2. The summed E-state index contributed by atoms with van der Waals surface area (Å²) < 4.78 is 10.6. The fraction of sp³-hybridized carbons (Fsp3) is 0.300. The average molecular weight is 408 g/mol. The number of hydrogen-bond donors (Lipinski definition) is 1. The van der Waals surface area contributed by atoms with Crippen LogP contribution in [0, 0.1) is 0 Å². The van der Waals surface area contributed by atoms with Crippen LogP contribution in [0.3, 0.4) is 0 Å². The number of fused-ring (bicyclic) bond motifs is 1. The second-order valence-corrected chi connectivity index (χ2v) is 7.23. The van der Waals surface area contributed by atoms with Crippen molar-refractivity contribution in [3.05, 3.63) is 57.6 Å². The Kier molecular flexibility index (Phi) is 6.24. The molecule has 3 rings (SSSR count). The lowest BCUT2D eigenvalue weighted by atomic mass is 10.1. The lowest BCUT2D eigenvalue weighted by molar-refractivity contribution is -0.155. The Morgan fingerprint density at radius 3 is 2.52 bits per heavy atom. The first-order valence-electron chi connectivity index (χ1n) is 8.62. The summed E-state index contributed by atoms with van der Waals surface area (Å²) in [5, 5.41) is 3.39. The van der Waals surface area contributed by atoms with Crippen molar-refractivity contribution in [3.8, 4) is 5.75 Å². The molecule has 1 aliphatic rings. The Balaban J connectivity index is 1.48. The highest BCUT2D eigenvalue weighted by Gasteiger charge is 2.19. The molecule has 1 amide bonds. The quantitative estimate of drug-likeness (QED) is 0.719. The summed E-state index contributed by atoms with van der Waals surface area (Å²) in [6.07, 6.45) is 2.27. The molecule has 0 radical (unpaired) electrons. The number of anilines is 1. The molecular formula is C20H19Cl2NO4. The molecule has 27 heavy (non-hydrogen) atoms. The Morgan fingerprint density at radius 2 is 1.78 bits per heavy atom. The van der Waals surface area contributed by atoms with Gasteiger partial charge in [0.1, 0.15) is 5.75 Å². The second-order valence-electron chi connectivity index (χ2n) is 6.35. The number of rotatable bonds is 6. The summed E-state index contributed by atoms with van der Waals surface area (Å²) in [6, 6.07) is 10.5. The van der Waals surface area contributed by atoms with Crippen molar-refractivity contribution in [2.75, 3.05) is 11.9 Å². The van der Waals surface area contributed by atoms with Gasteiger partial charge in [0, 0.05) is 15.7 Å². The molecule has 1 N–H and O–H groups in total. The minimum absolute atomic E-state index is 0.264. The van der Waals surface area contributed by atoms with Gasteiger partial charge in [-0.2, -0.15) is 0 Å². The van der Waals surface area contributed by atoms with E-state index < -0.39 is 18.0 Å². The average Bonchev–Trinajstić information content (AvgIpc) is 3.06. The van der Waals surface area contributed by atoms with E-state index in [4.69, 9.17) is 32.7 Å². The van der Waals surface area contributed by atoms with Gasteiger partial charge in [0.2, 0.25) is 0 Å². The molecule has 0 bridgehead atoms. The van der Waals surface area contributed by atoms with Crippen LogP contribution in [0.15, 0.2) is 36.4 Å². The highest BCUT2D eigenvalue weighted by Crippen LogP contribution is 2.26. The number of nitrogens with one attached hydrogen (secondary N) is 1. The number of carbonyl (C=O) groups excluding carboxylic acids is 2. The zero-order chi connectivity index (χ0) is 19.4. The third-order valence-corrected chi connectivity index (χ3v) is 4.67. The number of halogens is 2. The highest BCUT2D eigenvalue weighted by atomic mass is 35.5. The molecule has 1 atom stereocenters. The molecule has 1 aliphatic carbocycles. The highest BCUT2D eigenvalue weighted by molar-refractivity contribution is 6.35. The number of amides is 1. The molecule has 2 aromatic carbocycles. The standard InChI is InChI=1S/C20H19Cl2NO4/c1-12(20(25)23-17-9-15(21)8-16(22)10-17)27-19(24)11-26-18-6-5-13-3-2-4-14(13)7-18/h5-10,12H,2-4,11H2,1H3,(H,23,25)/t12-/m0/s1. The van der Waals surface area contributed by atoms with E-state index in [9.17, 15) is 9.59 Å². The zero-order valence-electron chi connectivity index (χ0n) is 14.8. The molecule has 0 fully saturated rings. The Labute approximate surface area is 167 Å². The van der Waals surface area contributed by atoms with Gasteiger partial charge in [-0.25, -0.2) is 4.79 Å². The fourth-order valence-electron chi connectivity index (χ4n) is 2.93. The van der Waals surface area contributed by atoms with Crippen LogP contribution in [0.2, 0.25) is 10.0 Å². The molecular weight excluding hydrogens is 389 g/mol. The minimum Gasteiger partial charge on any atom is -0.482 e. The minimum atomic E-state index is -0.987. The van der Waals surface area contributed by atoms with Crippen LogP contribution in [-0.2, 0) is 27.2 Å². The molecule has 7 heteroatoms. The maximum Gasteiger partial charge on any atom is 0.344 e. The fourth-order valence-corrected chi connectivity index (χ4v) is 3.46. The van der Waals surface area contributed by atoms with Gasteiger partial charge in [-0.05, 0) is 67.6 Å². The van der Waals surface area contributed by atoms with Crippen molar-refractivity contribution in [1.29, 1.82) is 0 Å². The van der Waals surface area contributed by atoms with Crippen LogP contribution < -0.4 is 10.1 Å². The Morgan fingerprint density at radius 1 is 1.07 bits per heavy atom. The first-order chi connectivity index (χ1) is 12.9. The van der Waals surface area contributed by atoms with Gasteiger partial charge in [0.15, 0.2) is 12.7 Å². The van der Waals surface area contributed by atoms with Crippen LogP contribution >= 0.6 is 23.2 Å². The van der Waals surface area contributed by atoms with Crippen molar-refractivity contribution in [2.45, 2.75) is 32.3 Å². The van der Waals surface area contributed by atoms with Gasteiger partial charge in [-0.3, -0.25) is 4.79 Å². The van der Waals surface area contributed by atoms with E-state index in [-0.39, 0.29) is 6.61 Å². The summed E-state index contributed by atoms with van der Waals surface area (Å²) in [7, 11) is 0. The molecule has 0 heterocycles. The number of hydrogen-bond acceptors (Lipinski definition) is 4. The Bertz CT molecular complexity index is 849. The van der Waals surface area contributed by atoms with Gasteiger partial charge in [-0.1, -0.05) is 29.3 Å². The predicted octanol–water partition coefficient (Wildman–Crippen LogP) is 4.43. The van der Waals surface area contributed by atoms with Crippen molar-refractivity contribution in [2.24, 2.45) is 0 Å². The van der Waals surface area contributed by atoms with Gasteiger partial charge in [-0.15, -0.1) is 0 Å². The van der Waals surface area contributed by atoms with Crippen molar-refractivity contribution in [3.63, 3.8) is 0 Å². The molecule has 0 spiro atoms. The van der Waals surface area contributed by atoms with E-state index in [1.54, 1.807) is 18.2 Å². The van der Waals surface area contributed by atoms with Crippen LogP contribution in [-0.4, -0.2) is 24.6 Å². The monoisotopic (exact) mass is 407 g/mol. The summed E-state index contributed by atoms with van der Waals surface area (Å²) >= 11 is 11.8. The molecule has 0 aromatic heterocycles. The third kappa shape index (κ3) is 5.37. The summed E-state index contributed by atoms with van der Waals surface area (Å²) in [4.78, 5) is 24.1. The predicted molar refractivity (Wildman–Crippen MR) is 105 cm³/mol. The lowest BCUT2D eigenvalue weighted by Crippen LogP contribution is -2.31. The summed E-state index contributed by atoms with van der Waals surface area (Å²) in [5.41, 5.74) is 3.01. The molecule has 142 valence electrons. The molecule has 2 aromatic rings. The number of ether oxygens (including phenoxy) is 2. The van der Waals surface area contributed by atoms with Crippen molar-refractivity contribution < 1.29 is 19.1 Å². The lowest BCUT2D eigenvalue weighted by Gasteiger charge is -2.14. The molecule has 0 unspecified atom stereocenters. The van der Waals surface area contributed by atoms with Crippen LogP contribution in [0.25, 0.3) is 0 Å². The maximum absolute atomic E-state index is 12.2. The number of benzene rings is 2. The van der Waals surface area contributed by atoms with Gasteiger partial charge in [0.05, 0.1) is 0 Å². The van der Waals surface area contributed by atoms with E-state index in [1.165, 1.54) is 18.1 Å². The van der Waals surface area contributed by atoms with Crippen LogP contribution in [0.1, 0.15) is 24.5 Å². The number of esters is 1. The topological polar surface area (TPSA) is 64.6 Å². The third-order valence-electron chi connectivity index (χ3n) is 4.23. The number of carbonyl (C=O) groups is 2. The van der Waals surface area contributed by atoms with Gasteiger partial charge in [0.25, 0.3) is 5.91 Å². The first kappa shape index (κ1) is 19.5.